The molecule has 7 heteroatoms. The number of hydrogen-bond donors (Lipinski definition) is 2. The van der Waals surface area contributed by atoms with Crippen LogP contribution in [-0.2, 0) is 20.1 Å². The van der Waals surface area contributed by atoms with Crippen molar-refractivity contribution in [2.24, 2.45) is 12.0 Å². The Labute approximate surface area is 124 Å². The summed E-state index contributed by atoms with van der Waals surface area (Å²) in [6, 6.07) is 1.95. The molecule has 0 saturated carbocycles. The van der Waals surface area contributed by atoms with E-state index in [-0.39, 0.29) is 0 Å². The van der Waals surface area contributed by atoms with Gasteiger partial charge in [-0.3, -0.25) is 4.68 Å². The fourth-order valence-corrected chi connectivity index (χ4v) is 1.83. The smallest absolute Gasteiger partial charge is 0.214 e. The molecule has 7 nitrogen and oxygen atoms in total. The molecular formula is C14H22N6O. The average Bonchev–Trinajstić information content (AvgIpc) is 3.00. The van der Waals surface area contributed by atoms with Crippen LogP contribution in [0.4, 0.5) is 0 Å². The minimum atomic E-state index is 0.506. The van der Waals surface area contributed by atoms with Crippen LogP contribution in [0.1, 0.15) is 30.0 Å². The molecule has 2 aromatic heterocycles. The van der Waals surface area contributed by atoms with Crippen molar-refractivity contribution in [1.29, 1.82) is 0 Å². The molecule has 0 aliphatic carbocycles. The topological polar surface area (TPSA) is 80.3 Å². The lowest BCUT2D eigenvalue weighted by molar-refractivity contribution is 0.463. The van der Waals surface area contributed by atoms with Crippen molar-refractivity contribution < 1.29 is 4.42 Å². The van der Waals surface area contributed by atoms with Crippen LogP contribution >= 0.6 is 0 Å². The molecule has 0 saturated heterocycles. The standard InChI is InChI=1S/C14H22N6O/c1-5-15-14(16-8-12-6-7-18-20(12)4)17-9-13-19-10(2)11(3)21-13/h6-7H,5,8-9H2,1-4H3,(H2,15,16,17). The number of aliphatic imine (C=N–C) groups is 1. The molecule has 0 radical (unpaired) electrons. The molecule has 0 unspecified atom stereocenters. The summed E-state index contributed by atoms with van der Waals surface area (Å²) in [7, 11) is 1.91. The number of aryl methyl sites for hydroxylation is 3. The third-order valence-corrected chi connectivity index (χ3v) is 3.15. The second-order valence-electron chi connectivity index (χ2n) is 4.74. The number of nitrogens with zero attached hydrogens (tertiary/aromatic N) is 4. The fraction of sp³-hybridized carbons (Fsp3) is 0.500. The van der Waals surface area contributed by atoms with Gasteiger partial charge in [-0.05, 0) is 26.8 Å². The molecule has 2 aromatic rings. The van der Waals surface area contributed by atoms with Crippen LogP contribution in [0.2, 0.25) is 0 Å². The van der Waals surface area contributed by atoms with Crippen molar-refractivity contribution in [2.45, 2.75) is 33.9 Å². The third-order valence-electron chi connectivity index (χ3n) is 3.15. The Balaban J connectivity index is 1.96. The molecule has 0 aromatic carbocycles. The summed E-state index contributed by atoms with van der Waals surface area (Å²) in [6.07, 6.45) is 1.77. The van der Waals surface area contributed by atoms with Crippen LogP contribution < -0.4 is 10.6 Å². The highest BCUT2D eigenvalue weighted by atomic mass is 16.4. The summed E-state index contributed by atoms with van der Waals surface area (Å²) in [5, 5.41) is 10.5. The summed E-state index contributed by atoms with van der Waals surface area (Å²) in [5.41, 5.74) is 1.97. The van der Waals surface area contributed by atoms with Crippen LogP contribution in [0.25, 0.3) is 0 Å². The quantitative estimate of drug-likeness (QED) is 0.640. The number of nitrogens with one attached hydrogen (secondary N) is 2. The lowest BCUT2D eigenvalue weighted by atomic mass is 10.4. The zero-order chi connectivity index (χ0) is 15.2. The van der Waals surface area contributed by atoms with E-state index in [1.807, 2.05) is 38.6 Å². The third kappa shape index (κ3) is 4.08. The van der Waals surface area contributed by atoms with Gasteiger partial charge in [-0.15, -0.1) is 0 Å². The van der Waals surface area contributed by atoms with Gasteiger partial charge in [0.05, 0.1) is 24.5 Å². The Morgan fingerprint density at radius 1 is 1.38 bits per heavy atom. The number of aromatic nitrogens is 3. The highest BCUT2D eigenvalue weighted by molar-refractivity contribution is 5.79. The molecule has 0 amide bonds. The summed E-state index contributed by atoms with van der Waals surface area (Å²) >= 11 is 0. The number of hydrogen-bond acceptors (Lipinski definition) is 4. The van der Waals surface area contributed by atoms with Crippen LogP contribution in [0.15, 0.2) is 21.7 Å². The van der Waals surface area contributed by atoms with Crippen LogP contribution in [0, 0.1) is 13.8 Å². The predicted molar refractivity (Wildman–Crippen MR) is 80.8 cm³/mol. The van der Waals surface area contributed by atoms with Gasteiger partial charge >= 0.3 is 0 Å². The van der Waals surface area contributed by atoms with Gasteiger partial charge in [0.25, 0.3) is 0 Å². The highest BCUT2D eigenvalue weighted by Crippen LogP contribution is 2.07. The van der Waals surface area contributed by atoms with E-state index < -0.39 is 0 Å². The van der Waals surface area contributed by atoms with E-state index in [1.54, 1.807) is 6.20 Å². The Morgan fingerprint density at radius 2 is 2.19 bits per heavy atom. The van der Waals surface area contributed by atoms with Crippen LogP contribution in [-0.4, -0.2) is 27.3 Å². The van der Waals surface area contributed by atoms with E-state index in [0.717, 1.165) is 29.7 Å². The number of oxazole rings is 1. The van der Waals surface area contributed by atoms with Gasteiger partial charge in [-0.2, -0.15) is 5.10 Å². The van der Waals surface area contributed by atoms with E-state index in [2.05, 4.69) is 25.7 Å². The van der Waals surface area contributed by atoms with Crippen LogP contribution in [0.5, 0.6) is 0 Å². The molecule has 0 spiro atoms. The molecule has 0 atom stereocenters. The van der Waals surface area contributed by atoms with Gasteiger partial charge in [0.15, 0.2) is 5.96 Å². The lowest BCUT2D eigenvalue weighted by Gasteiger charge is -2.09. The Bertz CT molecular complexity index is 593. The zero-order valence-corrected chi connectivity index (χ0v) is 13.0. The second-order valence-corrected chi connectivity index (χ2v) is 4.74. The summed E-state index contributed by atoms with van der Waals surface area (Å²) < 4.78 is 7.36. The van der Waals surface area contributed by atoms with Gasteiger partial charge in [0.1, 0.15) is 5.76 Å². The Morgan fingerprint density at radius 3 is 2.76 bits per heavy atom. The molecule has 2 rings (SSSR count). The first-order valence-electron chi connectivity index (χ1n) is 7.02. The Hall–Kier alpha value is -2.31. The Kier molecular flexibility index (Phi) is 4.97. The minimum absolute atomic E-state index is 0.506. The molecule has 2 heterocycles. The van der Waals surface area contributed by atoms with Crippen molar-refractivity contribution in [3.8, 4) is 0 Å². The fourth-order valence-electron chi connectivity index (χ4n) is 1.83. The molecule has 0 fully saturated rings. The van der Waals surface area contributed by atoms with Gasteiger partial charge < -0.3 is 15.1 Å². The number of guanidine groups is 1. The normalized spacial score (nSPS) is 11.7. The molecule has 0 aliphatic rings. The predicted octanol–water partition coefficient (Wildman–Crippen LogP) is 1.28. The summed E-state index contributed by atoms with van der Waals surface area (Å²) in [4.78, 5) is 8.87. The van der Waals surface area contributed by atoms with Gasteiger partial charge in [-0.25, -0.2) is 9.98 Å². The largest absolute Gasteiger partial charge is 0.444 e. The van der Waals surface area contributed by atoms with E-state index in [4.69, 9.17) is 4.42 Å². The molecular weight excluding hydrogens is 268 g/mol. The molecule has 2 N–H and O–H groups in total. The van der Waals surface area contributed by atoms with E-state index in [9.17, 15) is 0 Å². The van der Waals surface area contributed by atoms with E-state index in [0.29, 0.717) is 19.0 Å². The molecule has 114 valence electrons. The van der Waals surface area contributed by atoms with Crippen molar-refractivity contribution in [1.82, 2.24) is 25.4 Å². The average molecular weight is 290 g/mol. The van der Waals surface area contributed by atoms with Crippen molar-refractivity contribution in [3.05, 3.63) is 35.3 Å². The second kappa shape index (κ2) is 6.92. The lowest BCUT2D eigenvalue weighted by Crippen LogP contribution is -2.36. The highest BCUT2D eigenvalue weighted by Gasteiger charge is 2.06. The van der Waals surface area contributed by atoms with Gasteiger partial charge in [-0.1, -0.05) is 0 Å². The first-order chi connectivity index (χ1) is 10.1. The van der Waals surface area contributed by atoms with Crippen molar-refractivity contribution in [2.75, 3.05) is 6.54 Å². The monoisotopic (exact) mass is 290 g/mol. The maximum Gasteiger partial charge on any atom is 0.214 e. The minimum Gasteiger partial charge on any atom is -0.444 e. The van der Waals surface area contributed by atoms with Gasteiger partial charge in [0.2, 0.25) is 5.89 Å². The molecule has 0 bridgehead atoms. The maximum atomic E-state index is 5.54. The molecule has 21 heavy (non-hydrogen) atoms. The van der Waals surface area contributed by atoms with Crippen LogP contribution in [0.3, 0.4) is 0 Å². The van der Waals surface area contributed by atoms with E-state index >= 15 is 0 Å². The first-order valence-corrected chi connectivity index (χ1v) is 7.02. The summed E-state index contributed by atoms with van der Waals surface area (Å²) in [5.74, 6) is 2.24. The summed E-state index contributed by atoms with van der Waals surface area (Å²) in [6.45, 7) is 7.74. The maximum absolute atomic E-state index is 5.54. The van der Waals surface area contributed by atoms with Crippen molar-refractivity contribution >= 4 is 5.96 Å². The SMILES string of the molecule is CCNC(=NCc1ccnn1C)NCc1nc(C)c(C)o1. The van der Waals surface area contributed by atoms with E-state index in [1.165, 1.54) is 0 Å². The number of rotatable bonds is 5. The zero-order valence-electron chi connectivity index (χ0n) is 13.0. The van der Waals surface area contributed by atoms with Gasteiger partial charge in [0, 0.05) is 19.8 Å². The van der Waals surface area contributed by atoms with Crippen molar-refractivity contribution in [3.63, 3.8) is 0 Å². The first kappa shape index (κ1) is 15.1. The molecule has 0 aliphatic heterocycles.